The molecule has 14 heavy (non-hydrogen) atoms. The van der Waals surface area contributed by atoms with Gasteiger partial charge in [0, 0.05) is 20.3 Å². The molecule has 0 aliphatic heterocycles. The number of carbonyl (C=O) groups excluding carboxylic acids is 1. The van der Waals surface area contributed by atoms with E-state index in [9.17, 15) is 4.79 Å². The van der Waals surface area contributed by atoms with Crippen LogP contribution in [0.25, 0.3) is 0 Å². The summed E-state index contributed by atoms with van der Waals surface area (Å²) in [5.41, 5.74) is 6.57. The Hall–Kier alpha value is -0.870. The summed E-state index contributed by atoms with van der Waals surface area (Å²) in [6.45, 7) is 6.68. The maximum Gasteiger partial charge on any atom is 0.237 e. The van der Waals surface area contributed by atoms with Gasteiger partial charge in [-0.1, -0.05) is 12.2 Å². The Morgan fingerprint density at radius 2 is 2.29 bits per heavy atom. The number of amides is 1. The number of hydrogen-bond acceptors (Lipinski definition) is 3. The number of ether oxygens (including phenoxy) is 1. The molecule has 0 saturated heterocycles. The van der Waals surface area contributed by atoms with Gasteiger partial charge in [-0.3, -0.25) is 4.79 Å². The molecule has 0 aliphatic carbocycles. The van der Waals surface area contributed by atoms with Crippen molar-refractivity contribution >= 4 is 5.91 Å². The van der Waals surface area contributed by atoms with E-state index in [0.29, 0.717) is 19.6 Å². The fourth-order valence-corrected chi connectivity index (χ4v) is 0.948. The molecule has 0 saturated carbocycles. The highest BCUT2D eigenvalue weighted by molar-refractivity contribution is 5.81. The van der Waals surface area contributed by atoms with Gasteiger partial charge in [0.1, 0.15) is 0 Å². The van der Waals surface area contributed by atoms with E-state index in [4.69, 9.17) is 10.5 Å². The molecule has 0 aromatic rings. The molecule has 0 spiro atoms. The van der Waals surface area contributed by atoms with Crippen LogP contribution in [0.15, 0.2) is 12.2 Å². The molecule has 82 valence electrons. The average molecular weight is 200 g/mol. The predicted octanol–water partition coefficient (Wildman–Crippen LogP) is 0.433. The maximum atomic E-state index is 11.3. The average Bonchev–Trinajstić information content (AvgIpc) is 2.14. The molecule has 1 atom stereocenters. The third-order valence-electron chi connectivity index (χ3n) is 1.76. The lowest BCUT2D eigenvalue weighted by Crippen LogP contribution is -2.41. The first-order valence-electron chi connectivity index (χ1n) is 4.74. The zero-order valence-electron chi connectivity index (χ0n) is 9.01. The maximum absolute atomic E-state index is 11.3. The van der Waals surface area contributed by atoms with Crippen LogP contribution in [-0.4, -0.2) is 32.2 Å². The standard InChI is InChI=1S/C10H20N2O2/c1-8(2)7-12-10(13)9(11)5-4-6-14-3/h9H,1,4-7,11H2,2-3H3,(H,12,13). The minimum atomic E-state index is -0.440. The Labute approximate surface area is 85.5 Å². The molecular formula is C10H20N2O2. The smallest absolute Gasteiger partial charge is 0.237 e. The number of rotatable bonds is 7. The van der Waals surface area contributed by atoms with Gasteiger partial charge in [-0.05, 0) is 19.8 Å². The van der Waals surface area contributed by atoms with E-state index in [0.717, 1.165) is 12.0 Å². The van der Waals surface area contributed by atoms with Gasteiger partial charge in [0.05, 0.1) is 6.04 Å². The van der Waals surface area contributed by atoms with Crippen LogP contribution in [0.1, 0.15) is 19.8 Å². The molecule has 0 radical (unpaired) electrons. The zero-order chi connectivity index (χ0) is 11.0. The van der Waals surface area contributed by atoms with Crippen LogP contribution in [0.3, 0.4) is 0 Å². The normalized spacial score (nSPS) is 12.2. The van der Waals surface area contributed by atoms with E-state index in [2.05, 4.69) is 11.9 Å². The molecule has 0 bridgehead atoms. The highest BCUT2D eigenvalue weighted by Crippen LogP contribution is 1.95. The highest BCUT2D eigenvalue weighted by Gasteiger charge is 2.11. The zero-order valence-corrected chi connectivity index (χ0v) is 9.01. The molecule has 3 N–H and O–H groups in total. The predicted molar refractivity (Wildman–Crippen MR) is 56.9 cm³/mol. The van der Waals surface area contributed by atoms with Crippen molar-refractivity contribution in [2.24, 2.45) is 5.73 Å². The lowest BCUT2D eigenvalue weighted by Gasteiger charge is -2.11. The van der Waals surface area contributed by atoms with E-state index >= 15 is 0 Å². The molecule has 0 fully saturated rings. The number of hydrogen-bond donors (Lipinski definition) is 2. The van der Waals surface area contributed by atoms with Crippen molar-refractivity contribution in [1.82, 2.24) is 5.32 Å². The van der Waals surface area contributed by atoms with Crippen molar-refractivity contribution in [2.45, 2.75) is 25.8 Å². The van der Waals surface area contributed by atoms with E-state index < -0.39 is 6.04 Å². The SMILES string of the molecule is C=C(C)CNC(=O)C(N)CCCOC. The van der Waals surface area contributed by atoms with Gasteiger partial charge in [-0.15, -0.1) is 0 Å². The van der Waals surface area contributed by atoms with Gasteiger partial charge in [-0.25, -0.2) is 0 Å². The monoisotopic (exact) mass is 200 g/mol. The molecule has 0 aromatic heterocycles. The highest BCUT2D eigenvalue weighted by atomic mass is 16.5. The van der Waals surface area contributed by atoms with E-state index in [1.54, 1.807) is 7.11 Å². The summed E-state index contributed by atoms with van der Waals surface area (Å²) in [4.78, 5) is 11.3. The van der Waals surface area contributed by atoms with Crippen LogP contribution in [0.2, 0.25) is 0 Å². The Morgan fingerprint density at radius 1 is 1.64 bits per heavy atom. The molecule has 1 unspecified atom stereocenters. The quantitative estimate of drug-likeness (QED) is 0.463. The summed E-state index contributed by atoms with van der Waals surface area (Å²) < 4.78 is 4.87. The Morgan fingerprint density at radius 3 is 2.79 bits per heavy atom. The first-order valence-corrected chi connectivity index (χ1v) is 4.74. The second kappa shape index (κ2) is 7.53. The lowest BCUT2D eigenvalue weighted by molar-refractivity contribution is -0.122. The van der Waals surface area contributed by atoms with Gasteiger partial charge >= 0.3 is 0 Å². The van der Waals surface area contributed by atoms with Gasteiger partial charge in [0.15, 0.2) is 0 Å². The van der Waals surface area contributed by atoms with E-state index in [1.165, 1.54) is 0 Å². The Balaban J connectivity index is 3.59. The van der Waals surface area contributed by atoms with Crippen LogP contribution in [-0.2, 0) is 9.53 Å². The van der Waals surface area contributed by atoms with E-state index in [-0.39, 0.29) is 5.91 Å². The van der Waals surface area contributed by atoms with Crippen LogP contribution >= 0.6 is 0 Å². The summed E-state index contributed by atoms with van der Waals surface area (Å²) in [6, 6.07) is -0.440. The third kappa shape index (κ3) is 6.62. The lowest BCUT2D eigenvalue weighted by atomic mass is 10.1. The molecular weight excluding hydrogens is 180 g/mol. The second-order valence-electron chi connectivity index (χ2n) is 3.42. The molecule has 0 aromatic carbocycles. The minimum Gasteiger partial charge on any atom is -0.385 e. The summed E-state index contributed by atoms with van der Waals surface area (Å²) in [5, 5.41) is 2.70. The molecule has 4 heteroatoms. The van der Waals surface area contributed by atoms with Crippen molar-refractivity contribution in [3.05, 3.63) is 12.2 Å². The van der Waals surface area contributed by atoms with E-state index in [1.807, 2.05) is 6.92 Å². The first kappa shape index (κ1) is 13.1. The van der Waals surface area contributed by atoms with Crippen molar-refractivity contribution in [1.29, 1.82) is 0 Å². The van der Waals surface area contributed by atoms with Crippen LogP contribution in [0, 0.1) is 0 Å². The molecule has 0 aliphatic rings. The fourth-order valence-electron chi connectivity index (χ4n) is 0.948. The number of methoxy groups -OCH3 is 1. The summed E-state index contributed by atoms with van der Waals surface area (Å²) >= 11 is 0. The van der Waals surface area contributed by atoms with Crippen molar-refractivity contribution < 1.29 is 9.53 Å². The van der Waals surface area contributed by atoms with Crippen molar-refractivity contribution in [2.75, 3.05) is 20.3 Å². The van der Waals surface area contributed by atoms with Crippen molar-refractivity contribution in [3.63, 3.8) is 0 Å². The van der Waals surface area contributed by atoms with Crippen LogP contribution in [0.5, 0.6) is 0 Å². The van der Waals surface area contributed by atoms with Crippen molar-refractivity contribution in [3.8, 4) is 0 Å². The summed E-state index contributed by atoms with van der Waals surface area (Å²) in [7, 11) is 1.63. The Bertz CT molecular complexity index is 193. The fraction of sp³-hybridized carbons (Fsp3) is 0.700. The number of nitrogens with two attached hydrogens (primary N) is 1. The van der Waals surface area contributed by atoms with Gasteiger partial charge < -0.3 is 15.8 Å². The Kier molecular flexibility index (Phi) is 7.06. The molecule has 4 nitrogen and oxygen atoms in total. The summed E-state index contributed by atoms with van der Waals surface area (Å²) in [5.74, 6) is -0.121. The molecule has 0 rings (SSSR count). The van der Waals surface area contributed by atoms with Gasteiger partial charge in [0.25, 0.3) is 0 Å². The van der Waals surface area contributed by atoms with Gasteiger partial charge in [0.2, 0.25) is 5.91 Å². The van der Waals surface area contributed by atoms with Crippen LogP contribution in [0.4, 0.5) is 0 Å². The number of carbonyl (C=O) groups is 1. The second-order valence-corrected chi connectivity index (χ2v) is 3.42. The van der Waals surface area contributed by atoms with Crippen LogP contribution < -0.4 is 11.1 Å². The third-order valence-corrected chi connectivity index (χ3v) is 1.76. The minimum absolute atomic E-state index is 0.121. The molecule has 0 heterocycles. The molecule has 1 amide bonds. The largest absolute Gasteiger partial charge is 0.385 e. The summed E-state index contributed by atoms with van der Waals surface area (Å²) in [6.07, 6.45) is 1.45. The number of nitrogens with one attached hydrogen (secondary N) is 1. The first-order chi connectivity index (χ1) is 6.57. The van der Waals surface area contributed by atoms with Gasteiger partial charge in [-0.2, -0.15) is 0 Å². The topological polar surface area (TPSA) is 64.4 Å².